The Morgan fingerprint density at radius 3 is 2.63 bits per heavy atom. The van der Waals surface area contributed by atoms with Gasteiger partial charge in [-0.25, -0.2) is 0 Å². The van der Waals surface area contributed by atoms with Gasteiger partial charge in [0.2, 0.25) is 0 Å². The van der Waals surface area contributed by atoms with Crippen LogP contribution in [-0.4, -0.2) is 19.4 Å². The monoisotopic (exact) mass is 263 g/mol. The Bertz CT molecular complexity index is 415. The minimum atomic E-state index is 0.218. The molecule has 0 amide bonds. The highest BCUT2D eigenvalue weighted by atomic mass is 16.5. The van der Waals surface area contributed by atoms with Gasteiger partial charge in [-0.15, -0.1) is 0 Å². The summed E-state index contributed by atoms with van der Waals surface area (Å²) in [4.78, 5) is 12.2. The lowest BCUT2D eigenvalue weighted by atomic mass is 9.93. The van der Waals surface area contributed by atoms with E-state index in [-0.39, 0.29) is 5.78 Å². The maximum absolute atomic E-state index is 12.2. The van der Waals surface area contributed by atoms with Gasteiger partial charge >= 0.3 is 0 Å². The molecule has 1 unspecified atom stereocenters. The molecular formula is C16H25NO2. The fraction of sp³-hybridized carbons (Fsp3) is 0.562. The molecule has 2 N–H and O–H groups in total. The minimum absolute atomic E-state index is 0.218. The number of rotatable bonds is 8. The SMILES string of the molecule is CCC(CCN)CCC(=O)c1ccc(OC)cc1C. The second-order valence-corrected chi connectivity index (χ2v) is 4.99. The summed E-state index contributed by atoms with van der Waals surface area (Å²) in [6.45, 7) is 4.81. The van der Waals surface area contributed by atoms with Crippen LogP contribution in [0, 0.1) is 12.8 Å². The number of hydrogen-bond donors (Lipinski definition) is 1. The van der Waals surface area contributed by atoms with E-state index in [2.05, 4.69) is 6.92 Å². The Balaban J connectivity index is 2.63. The smallest absolute Gasteiger partial charge is 0.163 e. The van der Waals surface area contributed by atoms with Crippen LogP contribution in [-0.2, 0) is 0 Å². The number of Topliss-reactive ketones (excluding diaryl/α,β-unsaturated/α-hetero) is 1. The third kappa shape index (κ3) is 4.67. The fourth-order valence-electron chi connectivity index (χ4n) is 2.33. The quantitative estimate of drug-likeness (QED) is 0.732. The first-order chi connectivity index (χ1) is 9.12. The zero-order chi connectivity index (χ0) is 14.3. The maximum atomic E-state index is 12.2. The molecule has 1 aromatic rings. The molecule has 0 aliphatic heterocycles. The van der Waals surface area contributed by atoms with E-state index in [0.717, 1.165) is 36.1 Å². The van der Waals surface area contributed by atoms with Crippen LogP contribution in [0.25, 0.3) is 0 Å². The van der Waals surface area contributed by atoms with Crippen LogP contribution >= 0.6 is 0 Å². The lowest BCUT2D eigenvalue weighted by Gasteiger charge is -2.13. The van der Waals surface area contributed by atoms with Gasteiger partial charge in [0.1, 0.15) is 5.75 Å². The van der Waals surface area contributed by atoms with Gasteiger partial charge in [0.25, 0.3) is 0 Å². The number of hydrogen-bond acceptors (Lipinski definition) is 3. The molecule has 0 radical (unpaired) electrons. The summed E-state index contributed by atoms with van der Waals surface area (Å²) >= 11 is 0. The van der Waals surface area contributed by atoms with E-state index in [1.807, 2.05) is 25.1 Å². The van der Waals surface area contributed by atoms with E-state index in [1.165, 1.54) is 0 Å². The average Bonchev–Trinajstić information content (AvgIpc) is 2.42. The molecule has 19 heavy (non-hydrogen) atoms. The molecular weight excluding hydrogens is 238 g/mol. The first-order valence-corrected chi connectivity index (χ1v) is 7.00. The van der Waals surface area contributed by atoms with E-state index in [4.69, 9.17) is 10.5 Å². The standard InChI is InChI=1S/C16H25NO2/c1-4-13(9-10-17)5-8-16(18)15-7-6-14(19-3)11-12(15)2/h6-7,11,13H,4-5,8-10,17H2,1-3H3. The van der Waals surface area contributed by atoms with Crippen molar-refractivity contribution in [2.75, 3.05) is 13.7 Å². The van der Waals surface area contributed by atoms with Crippen molar-refractivity contribution in [1.29, 1.82) is 0 Å². The third-order valence-corrected chi connectivity index (χ3v) is 3.67. The van der Waals surface area contributed by atoms with E-state index < -0.39 is 0 Å². The third-order valence-electron chi connectivity index (χ3n) is 3.67. The molecule has 0 spiro atoms. The summed E-state index contributed by atoms with van der Waals surface area (Å²) in [7, 11) is 1.63. The van der Waals surface area contributed by atoms with Crippen molar-refractivity contribution in [2.24, 2.45) is 11.7 Å². The molecule has 0 heterocycles. The number of carbonyl (C=O) groups excluding carboxylic acids is 1. The molecule has 0 aliphatic carbocycles. The Hall–Kier alpha value is -1.35. The van der Waals surface area contributed by atoms with Crippen LogP contribution in [0.5, 0.6) is 5.75 Å². The highest BCUT2D eigenvalue weighted by Crippen LogP contribution is 2.21. The highest BCUT2D eigenvalue weighted by molar-refractivity contribution is 5.97. The summed E-state index contributed by atoms with van der Waals surface area (Å²) < 4.78 is 5.15. The normalized spacial score (nSPS) is 12.2. The zero-order valence-electron chi connectivity index (χ0n) is 12.2. The van der Waals surface area contributed by atoms with Crippen molar-refractivity contribution in [1.82, 2.24) is 0 Å². The Labute approximate surface area is 116 Å². The van der Waals surface area contributed by atoms with Gasteiger partial charge < -0.3 is 10.5 Å². The summed E-state index contributed by atoms with van der Waals surface area (Å²) in [5, 5.41) is 0. The Morgan fingerprint density at radius 1 is 1.37 bits per heavy atom. The lowest BCUT2D eigenvalue weighted by Crippen LogP contribution is -2.10. The van der Waals surface area contributed by atoms with Crippen LogP contribution in [0.4, 0.5) is 0 Å². The minimum Gasteiger partial charge on any atom is -0.497 e. The average molecular weight is 263 g/mol. The summed E-state index contributed by atoms with van der Waals surface area (Å²) in [6, 6.07) is 5.61. The van der Waals surface area contributed by atoms with E-state index in [0.29, 0.717) is 18.9 Å². The van der Waals surface area contributed by atoms with Crippen molar-refractivity contribution in [3.63, 3.8) is 0 Å². The van der Waals surface area contributed by atoms with Gasteiger partial charge in [-0.05, 0) is 56.0 Å². The zero-order valence-corrected chi connectivity index (χ0v) is 12.2. The number of ether oxygens (including phenoxy) is 1. The Kier molecular flexibility index (Phi) is 6.57. The molecule has 1 rings (SSSR count). The molecule has 0 aliphatic rings. The predicted molar refractivity (Wildman–Crippen MR) is 78.7 cm³/mol. The number of ketones is 1. The first kappa shape index (κ1) is 15.7. The molecule has 0 bridgehead atoms. The molecule has 0 fully saturated rings. The first-order valence-electron chi connectivity index (χ1n) is 7.00. The van der Waals surface area contributed by atoms with Gasteiger partial charge in [0, 0.05) is 12.0 Å². The van der Waals surface area contributed by atoms with E-state index in [1.54, 1.807) is 7.11 Å². The van der Waals surface area contributed by atoms with Crippen molar-refractivity contribution >= 4 is 5.78 Å². The summed E-state index contributed by atoms with van der Waals surface area (Å²) in [5.41, 5.74) is 7.37. The van der Waals surface area contributed by atoms with Gasteiger partial charge in [0.05, 0.1) is 7.11 Å². The van der Waals surface area contributed by atoms with Gasteiger partial charge in [0.15, 0.2) is 5.78 Å². The molecule has 0 saturated carbocycles. The van der Waals surface area contributed by atoms with Gasteiger partial charge in [-0.2, -0.15) is 0 Å². The Morgan fingerprint density at radius 2 is 2.11 bits per heavy atom. The second-order valence-electron chi connectivity index (χ2n) is 4.99. The molecule has 1 aromatic carbocycles. The van der Waals surface area contributed by atoms with Crippen LogP contribution < -0.4 is 10.5 Å². The number of carbonyl (C=O) groups is 1. The van der Waals surface area contributed by atoms with E-state index >= 15 is 0 Å². The van der Waals surface area contributed by atoms with Crippen molar-refractivity contribution < 1.29 is 9.53 Å². The second kappa shape index (κ2) is 7.95. The molecule has 106 valence electrons. The van der Waals surface area contributed by atoms with Crippen LogP contribution in [0.3, 0.4) is 0 Å². The van der Waals surface area contributed by atoms with Crippen LogP contribution in [0.15, 0.2) is 18.2 Å². The van der Waals surface area contributed by atoms with E-state index in [9.17, 15) is 4.79 Å². The largest absolute Gasteiger partial charge is 0.497 e. The van der Waals surface area contributed by atoms with Crippen molar-refractivity contribution in [2.45, 2.75) is 39.5 Å². The molecule has 0 aromatic heterocycles. The van der Waals surface area contributed by atoms with Crippen molar-refractivity contribution in [3.05, 3.63) is 29.3 Å². The molecule has 3 nitrogen and oxygen atoms in total. The van der Waals surface area contributed by atoms with Gasteiger partial charge in [-0.1, -0.05) is 13.3 Å². The fourth-order valence-corrected chi connectivity index (χ4v) is 2.33. The predicted octanol–water partition coefficient (Wildman–Crippen LogP) is 3.34. The molecule has 0 saturated heterocycles. The number of nitrogens with two attached hydrogens (primary N) is 1. The molecule has 1 atom stereocenters. The summed E-state index contributed by atoms with van der Waals surface area (Å²) in [6.07, 6.45) is 3.63. The topological polar surface area (TPSA) is 52.3 Å². The van der Waals surface area contributed by atoms with Crippen LogP contribution in [0.2, 0.25) is 0 Å². The number of benzene rings is 1. The maximum Gasteiger partial charge on any atom is 0.163 e. The molecule has 3 heteroatoms. The van der Waals surface area contributed by atoms with Crippen molar-refractivity contribution in [3.8, 4) is 5.75 Å². The number of aryl methyl sites for hydroxylation is 1. The van der Waals surface area contributed by atoms with Crippen LogP contribution in [0.1, 0.15) is 48.5 Å². The summed E-state index contributed by atoms with van der Waals surface area (Å²) in [5.74, 6) is 1.58. The highest BCUT2D eigenvalue weighted by Gasteiger charge is 2.13. The number of methoxy groups -OCH3 is 1. The lowest BCUT2D eigenvalue weighted by molar-refractivity contribution is 0.0972. The van der Waals surface area contributed by atoms with Gasteiger partial charge in [-0.3, -0.25) is 4.79 Å².